The van der Waals surface area contributed by atoms with Gasteiger partial charge in [0.15, 0.2) is 0 Å². The highest BCUT2D eigenvalue weighted by Gasteiger charge is 2.32. The molecule has 0 saturated carbocycles. The molecule has 1 aromatic rings. The normalized spacial score (nSPS) is 14.8. The Morgan fingerprint density at radius 3 is 2.03 bits per heavy atom. The number of primary amides is 1. The van der Waals surface area contributed by atoms with Gasteiger partial charge in [0.25, 0.3) is 0 Å². The largest absolute Gasteiger partial charge is 0.480 e. The Morgan fingerprint density at radius 1 is 0.895 bits per heavy atom. The number of nitrogens with two attached hydrogens (primary N) is 3. The average Bonchev–Trinajstić information content (AvgIpc) is 2.88. The summed E-state index contributed by atoms with van der Waals surface area (Å²) in [6.45, 7) is 3.86. The molecule has 1 rings (SSSR count). The van der Waals surface area contributed by atoms with Crippen molar-refractivity contribution in [1.29, 1.82) is 0 Å². The van der Waals surface area contributed by atoms with Gasteiger partial charge in [-0.3, -0.25) is 19.2 Å². The highest BCUT2D eigenvalue weighted by Crippen LogP contribution is 2.10. The predicted octanol–water partition coefficient (Wildman–Crippen LogP) is -0.464. The number of rotatable bonds is 18. The van der Waals surface area contributed by atoms with Crippen molar-refractivity contribution in [2.24, 2.45) is 23.1 Å². The zero-order valence-electron chi connectivity index (χ0n) is 22.2. The van der Waals surface area contributed by atoms with Crippen LogP contribution in [0.1, 0.15) is 57.9 Å². The molecule has 0 bridgehead atoms. The Hall–Kier alpha value is -3.51. The van der Waals surface area contributed by atoms with Gasteiger partial charge < -0.3 is 38.3 Å². The lowest BCUT2D eigenvalue weighted by atomic mass is 9.98. The molecule has 4 amide bonds. The summed E-state index contributed by atoms with van der Waals surface area (Å²) in [6, 6.07) is 4.82. The van der Waals surface area contributed by atoms with Gasteiger partial charge in [-0.15, -0.1) is 0 Å². The fraction of sp³-hybridized carbons (Fsp3) is 0.577. The molecule has 0 aromatic heterocycles. The number of carbonyl (C=O) groups is 5. The van der Waals surface area contributed by atoms with E-state index in [-0.39, 0.29) is 31.6 Å². The SMILES string of the molecule is CCC(C)C(NC(=O)C(CCC(N)=O)NC(=O)C(CCCCN)NC(=O)C(N)Cc1ccccc1)C(=O)O. The molecule has 0 saturated heterocycles. The van der Waals surface area contributed by atoms with Crippen LogP contribution in [0.15, 0.2) is 30.3 Å². The van der Waals surface area contributed by atoms with E-state index in [0.29, 0.717) is 25.8 Å². The van der Waals surface area contributed by atoms with Crippen LogP contribution in [-0.4, -0.2) is 65.4 Å². The van der Waals surface area contributed by atoms with Crippen LogP contribution in [0, 0.1) is 5.92 Å². The molecule has 1 aromatic carbocycles. The van der Waals surface area contributed by atoms with Crippen LogP contribution in [0.5, 0.6) is 0 Å². The van der Waals surface area contributed by atoms with Gasteiger partial charge in [-0.2, -0.15) is 0 Å². The fourth-order valence-electron chi connectivity index (χ4n) is 3.77. The summed E-state index contributed by atoms with van der Waals surface area (Å²) in [5.41, 5.74) is 17.7. The van der Waals surface area contributed by atoms with E-state index in [1.54, 1.807) is 13.8 Å². The summed E-state index contributed by atoms with van der Waals surface area (Å²) < 4.78 is 0. The number of unbranched alkanes of at least 4 members (excludes halogenated alkanes) is 1. The van der Waals surface area contributed by atoms with Gasteiger partial charge in [0.05, 0.1) is 6.04 Å². The Morgan fingerprint density at radius 2 is 1.47 bits per heavy atom. The quantitative estimate of drug-likeness (QED) is 0.122. The van der Waals surface area contributed by atoms with Crippen LogP contribution in [0.4, 0.5) is 0 Å². The van der Waals surface area contributed by atoms with Gasteiger partial charge in [-0.05, 0) is 50.1 Å². The first-order valence-electron chi connectivity index (χ1n) is 12.9. The van der Waals surface area contributed by atoms with Crippen molar-refractivity contribution in [3.05, 3.63) is 35.9 Å². The molecule has 0 aliphatic heterocycles. The van der Waals surface area contributed by atoms with Crippen LogP contribution in [0.25, 0.3) is 0 Å². The number of benzene rings is 1. The van der Waals surface area contributed by atoms with E-state index in [4.69, 9.17) is 17.2 Å². The van der Waals surface area contributed by atoms with Crippen molar-refractivity contribution in [2.45, 2.75) is 83.0 Å². The third kappa shape index (κ3) is 11.7. The first-order chi connectivity index (χ1) is 18.0. The van der Waals surface area contributed by atoms with Crippen LogP contribution < -0.4 is 33.2 Å². The molecule has 0 aliphatic carbocycles. The van der Waals surface area contributed by atoms with E-state index < -0.39 is 53.8 Å². The molecule has 38 heavy (non-hydrogen) atoms. The second kappa shape index (κ2) is 17.1. The fourth-order valence-corrected chi connectivity index (χ4v) is 3.77. The minimum atomic E-state index is -1.24. The zero-order chi connectivity index (χ0) is 28.7. The Labute approximate surface area is 223 Å². The van der Waals surface area contributed by atoms with Crippen LogP contribution in [0.2, 0.25) is 0 Å². The second-order valence-electron chi connectivity index (χ2n) is 9.42. The van der Waals surface area contributed by atoms with Gasteiger partial charge in [0.2, 0.25) is 23.6 Å². The predicted molar refractivity (Wildman–Crippen MR) is 142 cm³/mol. The summed E-state index contributed by atoms with van der Waals surface area (Å²) in [5, 5.41) is 17.2. The lowest BCUT2D eigenvalue weighted by Gasteiger charge is -2.26. The molecule has 0 heterocycles. The molecule has 12 heteroatoms. The van der Waals surface area contributed by atoms with Crippen molar-refractivity contribution in [2.75, 3.05) is 6.54 Å². The first kappa shape index (κ1) is 32.5. The van der Waals surface area contributed by atoms with Crippen molar-refractivity contribution in [3.8, 4) is 0 Å². The van der Waals surface area contributed by atoms with Crippen molar-refractivity contribution in [3.63, 3.8) is 0 Å². The summed E-state index contributed by atoms with van der Waals surface area (Å²) in [6.07, 6.45) is 1.77. The molecule has 12 nitrogen and oxygen atoms in total. The van der Waals surface area contributed by atoms with Crippen molar-refractivity contribution in [1.82, 2.24) is 16.0 Å². The van der Waals surface area contributed by atoms with E-state index in [9.17, 15) is 29.1 Å². The molecule has 0 aliphatic rings. The number of aliphatic carboxylic acids is 1. The number of hydrogen-bond acceptors (Lipinski definition) is 7. The van der Waals surface area contributed by atoms with Crippen molar-refractivity contribution < 1.29 is 29.1 Å². The highest BCUT2D eigenvalue weighted by atomic mass is 16.4. The molecule has 0 fully saturated rings. The van der Waals surface area contributed by atoms with Crippen LogP contribution in [0.3, 0.4) is 0 Å². The molecular formula is C26H42N6O6. The molecule has 0 radical (unpaired) electrons. The van der Waals surface area contributed by atoms with Gasteiger partial charge in [-0.1, -0.05) is 50.6 Å². The number of nitrogens with one attached hydrogen (secondary N) is 3. The standard InChI is InChI=1S/C26H42N6O6/c1-3-16(2)22(26(37)38)32-25(36)20(12-13-21(29)33)31-24(35)19(11-7-8-14-27)30-23(34)18(28)15-17-9-5-4-6-10-17/h4-6,9-10,16,18-20,22H,3,7-8,11-15,27-28H2,1-2H3,(H2,29,33)(H,30,34)(H,31,35)(H,32,36)(H,37,38). The molecule has 212 valence electrons. The molecule has 5 atom stereocenters. The van der Waals surface area contributed by atoms with E-state index in [2.05, 4.69) is 16.0 Å². The van der Waals surface area contributed by atoms with E-state index >= 15 is 0 Å². The monoisotopic (exact) mass is 534 g/mol. The summed E-state index contributed by atoms with van der Waals surface area (Å²) in [7, 11) is 0. The van der Waals surface area contributed by atoms with Crippen LogP contribution in [-0.2, 0) is 30.4 Å². The lowest BCUT2D eigenvalue weighted by Crippen LogP contribution is -2.58. The molecular weight excluding hydrogens is 492 g/mol. The Balaban J connectivity index is 3.02. The number of carboxylic acids is 1. The highest BCUT2D eigenvalue weighted by molar-refractivity contribution is 5.94. The number of carboxylic acid groups (broad SMARTS) is 1. The maximum Gasteiger partial charge on any atom is 0.326 e. The third-order valence-corrected chi connectivity index (χ3v) is 6.30. The molecule has 0 spiro atoms. The topological polar surface area (TPSA) is 220 Å². The zero-order valence-corrected chi connectivity index (χ0v) is 22.2. The Kier molecular flexibility index (Phi) is 14.6. The number of amides is 4. The summed E-state index contributed by atoms with van der Waals surface area (Å²) in [4.78, 5) is 62.1. The minimum absolute atomic E-state index is 0.142. The average molecular weight is 535 g/mol. The van der Waals surface area contributed by atoms with E-state index in [0.717, 1.165) is 5.56 Å². The van der Waals surface area contributed by atoms with Crippen molar-refractivity contribution >= 4 is 29.6 Å². The maximum absolute atomic E-state index is 13.2. The van der Waals surface area contributed by atoms with Gasteiger partial charge in [0, 0.05) is 6.42 Å². The minimum Gasteiger partial charge on any atom is -0.480 e. The first-order valence-corrected chi connectivity index (χ1v) is 12.9. The van der Waals surface area contributed by atoms with E-state index in [1.807, 2.05) is 30.3 Å². The number of hydrogen-bond donors (Lipinski definition) is 7. The maximum atomic E-state index is 13.2. The summed E-state index contributed by atoms with van der Waals surface area (Å²) in [5.74, 6) is -4.25. The lowest BCUT2D eigenvalue weighted by molar-refractivity contribution is -0.144. The van der Waals surface area contributed by atoms with Crippen LogP contribution >= 0.6 is 0 Å². The second-order valence-corrected chi connectivity index (χ2v) is 9.42. The van der Waals surface area contributed by atoms with Gasteiger partial charge in [-0.25, -0.2) is 4.79 Å². The Bertz CT molecular complexity index is 928. The van der Waals surface area contributed by atoms with E-state index in [1.165, 1.54) is 0 Å². The van der Waals surface area contributed by atoms with Gasteiger partial charge in [0.1, 0.15) is 18.1 Å². The third-order valence-electron chi connectivity index (χ3n) is 6.30. The number of carbonyl (C=O) groups excluding carboxylic acids is 4. The molecule has 10 N–H and O–H groups in total. The molecule has 5 unspecified atom stereocenters. The smallest absolute Gasteiger partial charge is 0.326 e. The van der Waals surface area contributed by atoms with Gasteiger partial charge >= 0.3 is 5.97 Å². The summed E-state index contributed by atoms with van der Waals surface area (Å²) >= 11 is 0.